The first-order valence-corrected chi connectivity index (χ1v) is 15.5. The Kier molecular flexibility index (Phi) is 9.02. The van der Waals surface area contributed by atoms with Crippen molar-refractivity contribution in [1.82, 2.24) is 19.2 Å². The number of anilines is 2. The molecule has 4 aromatic rings. The van der Waals surface area contributed by atoms with Crippen LogP contribution in [0.2, 0.25) is 0 Å². The van der Waals surface area contributed by atoms with E-state index in [1.165, 1.54) is 0 Å². The van der Waals surface area contributed by atoms with E-state index >= 15 is 0 Å². The number of aromatic nitrogens is 2. The molecule has 0 amide bonds. The van der Waals surface area contributed by atoms with E-state index < -0.39 is 10.0 Å². The van der Waals surface area contributed by atoms with E-state index in [0.29, 0.717) is 50.2 Å². The molecule has 41 heavy (non-hydrogen) atoms. The second-order valence-electron chi connectivity index (χ2n) is 10.1. The lowest BCUT2D eigenvalue weighted by atomic mass is 10.2. The molecule has 1 aromatic heterocycles. The topological polar surface area (TPSA) is 96.9 Å². The van der Waals surface area contributed by atoms with Gasteiger partial charge in [-0.15, -0.1) is 0 Å². The Hall–Kier alpha value is -3.73. The molecule has 10 heteroatoms. The summed E-state index contributed by atoms with van der Waals surface area (Å²) in [6.45, 7) is 6.73. The zero-order chi connectivity index (χ0) is 28.8. The molecule has 0 unspecified atom stereocenters. The Morgan fingerprint density at radius 3 is 2.37 bits per heavy atom. The average molecular weight is 576 g/mol. The van der Waals surface area contributed by atoms with Gasteiger partial charge in [0.05, 0.1) is 35.9 Å². The van der Waals surface area contributed by atoms with Gasteiger partial charge in [0, 0.05) is 31.6 Å². The third kappa shape index (κ3) is 6.45. The number of methoxy groups -OCH3 is 1. The Bertz CT molecular complexity index is 1570. The lowest BCUT2D eigenvalue weighted by molar-refractivity contribution is 0.141. The molecule has 1 saturated heterocycles. The number of benzene rings is 3. The summed E-state index contributed by atoms with van der Waals surface area (Å²) in [4.78, 5) is 12.3. The molecule has 9 nitrogen and oxygen atoms in total. The molecule has 1 aliphatic rings. The van der Waals surface area contributed by atoms with E-state index in [-0.39, 0.29) is 10.9 Å². The molecular weight excluding hydrogens is 538 g/mol. The van der Waals surface area contributed by atoms with E-state index in [9.17, 15) is 8.42 Å². The van der Waals surface area contributed by atoms with Crippen LogP contribution in [-0.2, 0) is 10.0 Å². The number of fused-ring (bicyclic) bond motifs is 1. The Morgan fingerprint density at radius 2 is 1.63 bits per heavy atom. The van der Waals surface area contributed by atoms with Crippen LogP contribution in [0.3, 0.4) is 0 Å². The Balaban J connectivity index is 1.30. The van der Waals surface area contributed by atoms with Crippen molar-refractivity contribution in [3.63, 3.8) is 0 Å². The molecule has 2 heterocycles. The first-order chi connectivity index (χ1) is 19.9. The summed E-state index contributed by atoms with van der Waals surface area (Å²) in [6, 6.07) is 22.2. The maximum atomic E-state index is 13.3. The number of piperazine rings is 1. The van der Waals surface area contributed by atoms with Crippen LogP contribution >= 0.6 is 0 Å². The predicted molar refractivity (Wildman–Crippen MR) is 161 cm³/mol. The monoisotopic (exact) mass is 575 g/mol. The van der Waals surface area contributed by atoms with Crippen LogP contribution in [0, 0.1) is 0 Å². The van der Waals surface area contributed by atoms with Gasteiger partial charge in [-0.05, 0) is 61.9 Å². The average Bonchev–Trinajstić information content (AvgIpc) is 3.01. The van der Waals surface area contributed by atoms with Crippen molar-refractivity contribution < 1.29 is 17.9 Å². The first kappa shape index (κ1) is 28.8. The van der Waals surface area contributed by atoms with E-state index in [1.807, 2.05) is 48.5 Å². The summed E-state index contributed by atoms with van der Waals surface area (Å²) in [6.07, 6.45) is 2.01. The highest BCUT2D eigenvalue weighted by Crippen LogP contribution is 2.32. The van der Waals surface area contributed by atoms with Gasteiger partial charge in [-0.2, -0.15) is 4.31 Å². The number of nitrogens with zero attached hydrogens (tertiary/aromatic N) is 4. The molecule has 0 radical (unpaired) electrons. The lowest BCUT2D eigenvalue weighted by Crippen LogP contribution is -2.49. The zero-order valence-corrected chi connectivity index (χ0v) is 24.6. The van der Waals surface area contributed by atoms with Gasteiger partial charge < -0.3 is 14.8 Å². The quantitative estimate of drug-likeness (QED) is 0.230. The van der Waals surface area contributed by atoms with Crippen LogP contribution in [-0.4, -0.2) is 67.5 Å². The molecule has 216 valence electrons. The molecule has 3 aromatic carbocycles. The van der Waals surface area contributed by atoms with Crippen LogP contribution in [0.25, 0.3) is 10.9 Å². The second-order valence-corrected chi connectivity index (χ2v) is 12.0. The third-order valence-electron chi connectivity index (χ3n) is 7.40. The molecule has 5 rings (SSSR count). The highest BCUT2D eigenvalue weighted by atomic mass is 32.2. The second kappa shape index (κ2) is 12.8. The number of para-hydroxylation sites is 3. The maximum Gasteiger partial charge on any atom is 0.243 e. The molecule has 1 fully saturated rings. The van der Waals surface area contributed by atoms with Crippen molar-refractivity contribution >= 4 is 32.4 Å². The summed E-state index contributed by atoms with van der Waals surface area (Å²) in [7, 11) is -1.95. The van der Waals surface area contributed by atoms with Gasteiger partial charge in [0.1, 0.15) is 23.1 Å². The molecule has 1 aliphatic heterocycles. The number of sulfonamides is 1. The van der Waals surface area contributed by atoms with Crippen LogP contribution in [0.5, 0.6) is 11.5 Å². The van der Waals surface area contributed by atoms with Gasteiger partial charge >= 0.3 is 0 Å². The van der Waals surface area contributed by atoms with Crippen molar-refractivity contribution in [3.8, 4) is 11.5 Å². The van der Waals surface area contributed by atoms with E-state index in [1.54, 1.807) is 35.7 Å². The molecule has 0 saturated carbocycles. The summed E-state index contributed by atoms with van der Waals surface area (Å²) in [5, 5.41) is 4.35. The summed E-state index contributed by atoms with van der Waals surface area (Å²) >= 11 is 0. The molecule has 1 N–H and O–H groups in total. The SMILES string of the molecule is CCCCOc1ccc(S(=O)(=O)N2CCN([C@@H](C)c3nc(Nc4ccccc4OC)c4ccccc4n3)CC2)cc1. The first-order valence-electron chi connectivity index (χ1n) is 14.0. The smallest absolute Gasteiger partial charge is 0.243 e. The Labute approximate surface area is 242 Å². The van der Waals surface area contributed by atoms with Gasteiger partial charge in [0.2, 0.25) is 10.0 Å². The van der Waals surface area contributed by atoms with Gasteiger partial charge in [-0.3, -0.25) is 4.90 Å². The van der Waals surface area contributed by atoms with Gasteiger partial charge in [-0.25, -0.2) is 18.4 Å². The molecular formula is C31H37N5O4S. The number of hydrogen-bond acceptors (Lipinski definition) is 8. The van der Waals surface area contributed by atoms with Crippen LogP contribution in [0.1, 0.15) is 38.6 Å². The van der Waals surface area contributed by atoms with E-state index in [0.717, 1.165) is 35.2 Å². The highest BCUT2D eigenvalue weighted by molar-refractivity contribution is 7.89. The molecule has 0 spiro atoms. The molecule has 1 atom stereocenters. The van der Waals surface area contributed by atoms with Crippen molar-refractivity contribution in [3.05, 3.63) is 78.6 Å². The largest absolute Gasteiger partial charge is 0.495 e. The van der Waals surface area contributed by atoms with E-state index in [2.05, 4.69) is 24.1 Å². The molecule has 0 aliphatic carbocycles. The van der Waals surface area contributed by atoms with Crippen molar-refractivity contribution in [2.24, 2.45) is 0 Å². The number of unbranched alkanes of at least 4 members (excludes halogenated alkanes) is 1. The van der Waals surface area contributed by atoms with Crippen molar-refractivity contribution in [1.29, 1.82) is 0 Å². The molecule has 0 bridgehead atoms. The van der Waals surface area contributed by atoms with Gasteiger partial charge in [0.15, 0.2) is 0 Å². The van der Waals surface area contributed by atoms with Crippen LogP contribution in [0.4, 0.5) is 11.5 Å². The summed E-state index contributed by atoms with van der Waals surface area (Å²) in [5.74, 6) is 2.79. The fourth-order valence-corrected chi connectivity index (χ4v) is 6.36. The Morgan fingerprint density at radius 1 is 0.927 bits per heavy atom. The number of rotatable bonds is 11. The summed E-state index contributed by atoms with van der Waals surface area (Å²) < 4.78 is 39.5. The minimum absolute atomic E-state index is 0.109. The third-order valence-corrected chi connectivity index (χ3v) is 9.32. The number of hydrogen-bond donors (Lipinski definition) is 1. The fourth-order valence-electron chi connectivity index (χ4n) is 4.94. The van der Waals surface area contributed by atoms with Crippen LogP contribution < -0.4 is 14.8 Å². The minimum atomic E-state index is -3.60. The van der Waals surface area contributed by atoms with Gasteiger partial charge in [-0.1, -0.05) is 37.6 Å². The predicted octanol–water partition coefficient (Wildman–Crippen LogP) is 5.63. The highest BCUT2D eigenvalue weighted by Gasteiger charge is 2.31. The minimum Gasteiger partial charge on any atom is -0.495 e. The van der Waals surface area contributed by atoms with Crippen molar-refractivity contribution in [2.75, 3.05) is 45.2 Å². The summed E-state index contributed by atoms with van der Waals surface area (Å²) in [5.41, 5.74) is 1.65. The maximum absolute atomic E-state index is 13.3. The normalized spacial score (nSPS) is 15.5. The number of nitrogens with one attached hydrogen (secondary N) is 1. The lowest BCUT2D eigenvalue weighted by Gasteiger charge is -2.36. The van der Waals surface area contributed by atoms with E-state index in [4.69, 9.17) is 19.4 Å². The number of ether oxygens (including phenoxy) is 2. The standard InChI is InChI=1S/C31H37N5O4S/c1-4-5-22-40-24-14-16-25(17-15-24)41(37,38)36-20-18-35(19-21-36)23(2)30-32-27-11-7-6-10-26(27)31(34-30)33-28-12-8-9-13-29(28)39-3/h6-17,23H,4-5,18-22H2,1-3H3,(H,32,33,34)/t23-/m0/s1. The fraction of sp³-hybridized carbons (Fsp3) is 0.355. The zero-order valence-electron chi connectivity index (χ0n) is 23.8. The van der Waals surface area contributed by atoms with Crippen molar-refractivity contribution in [2.45, 2.75) is 37.6 Å². The van der Waals surface area contributed by atoms with Gasteiger partial charge in [0.25, 0.3) is 0 Å². The van der Waals surface area contributed by atoms with Crippen LogP contribution in [0.15, 0.2) is 77.7 Å².